The van der Waals surface area contributed by atoms with Crippen LogP contribution in [0.15, 0.2) is 47.4 Å². The van der Waals surface area contributed by atoms with Gasteiger partial charge < -0.3 is 4.31 Å². The summed E-state index contributed by atoms with van der Waals surface area (Å²) in [6.45, 7) is 2.62. The molecule has 0 aromatic heterocycles. The van der Waals surface area contributed by atoms with Gasteiger partial charge in [0.1, 0.15) is 0 Å². The van der Waals surface area contributed by atoms with Crippen molar-refractivity contribution in [3.63, 3.8) is 0 Å². The molecule has 0 amide bonds. The Kier molecular flexibility index (Phi) is 6.51. The first-order chi connectivity index (χ1) is 11.2. The standard InChI is InChI=1S/C15H12Cl4N2O2S/c1-2-20(11-5-3-4-10(16)8-11)24-14-7-6-12(21(22)23)9-13(14)15(17,18)19/h3-9H,2H2,1H3. The second-order valence-corrected chi connectivity index (χ2v) is 8.48. The fourth-order valence-electron chi connectivity index (χ4n) is 1.98. The van der Waals surface area contributed by atoms with E-state index in [-0.39, 0.29) is 11.3 Å². The number of halogens is 4. The summed E-state index contributed by atoms with van der Waals surface area (Å²) in [6.07, 6.45) is 0. The minimum absolute atomic E-state index is 0.133. The van der Waals surface area contributed by atoms with Gasteiger partial charge in [0, 0.05) is 39.8 Å². The maximum absolute atomic E-state index is 11.0. The van der Waals surface area contributed by atoms with Gasteiger partial charge in [0.25, 0.3) is 5.69 Å². The molecule has 2 rings (SSSR count). The Balaban J connectivity index is 2.42. The highest BCUT2D eigenvalue weighted by Crippen LogP contribution is 2.45. The average Bonchev–Trinajstić information content (AvgIpc) is 2.51. The van der Waals surface area contributed by atoms with Crippen molar-refractivity contribution in [1.82, 2.24) is 0 Å². The molecule has 2 aromatic rings. The number of hydrogen-bond acceptors (Lipinski definition) is 4. The van der Waals surface area contributed by atoms with Crippen molar-refractivity contribution in [2.45, 2.75) is 15.6 Å². The molecule has 128 valence electrons. The van der Waals surface area contributed by atoms with Gasteiger partial charge in [-0.3, -0.25) is 10.1 Å². The van der Waals surface area contributed by atoms with Crippen LogP contribution in [0.25, 0.3) is 0 Å². The molecule has 0 radical (unpaired) electrons. The van der Waals surface area contributed by atoms with Crippen LogP contribution in [0.4, 0.5) is 11.4 Å². The predicted octanol–water partition coefficient (Wildman–Crippen LogP) is 6.61. The van der Waals surface area contributed by atoms with Crippen molar-refractivity contribution in [3.8, 4) is 0 Å². The van der Waals surface area contributed by atoms with Gasteiger partial charge in [-0.05, 0) is 43.1 Å². The van der Waals surface area contributed by atoms with Crippen LogP contribution in [0.1, 0.15) is 12.5 Å². The smallest absolute Gasteiger partial charge is 0.269 e. The van der Waals surface area contributed by atoms with E-state index in [4.69, 9.17) is 46.4 Å². The Morgan fingerprint density at radius 2 is 1.92 bits per heavy atom. The second kappa shape index (κ2) is 8.02. The normalized spacial score (nSPS) is 11.4. The predicted molar refractivity (Wildman–Crippen MR) is 103 cm³/mol. The zero-order valence-electron chi connectivity index (χ0n) is 12.4. The molecule has 0 saturated carbocycles. The number of rotatable bonds is 5. The SMILES string of the molecule is CCN(Sc1ccc([N+](=O)[O-])cc1C(Cl)(Cl)Cl)c1cccc(Cl)c1. The zero-order valence-corrected chi connectivity index (χ0v) is 16.2. The third-order valence-corrected chi connectivity index (χ3v) is 5.16. The Bertz CT molecular complexity index is 752. The van der Waals surface area contributed by atoms with E-state index in [9.17, 15) is 10.1 Å². The van der Waals surface area contributed by atoms with E-state index in [1.807, 2.05) is 29.4 Å². The topological polar surface area (TPSA) is 46.4 Å². The van der Waals surface area contributed by atoms with E-state index in [0.29, 0.717) is 16.5 Å². The largest absolute Gasteiger partial charge is 0.312 e. The van der Waals surface area contributed by atoms with Crippen molar-refractivity contribution in [2.24, 2.45) is 0 Å². The van der Waals surface area contributed by atoms with Crippen molar-refractivity contribution < 1.29 is 4.92 Å². The quantitative estimate of drug-likeness (QED) is 0.234. The zero-order chi connectivity index (χ0) is 17.9. The van der Waals surface area contributed by atoms with Crippen LogP contribution in [0, 0.1) is 10.1 Å². The summed E-state index contributed by atoms with van der Waals surface area (Å²) < 4.78 is 0.176. The third kappa shape index (κ3) is 4.83. The molecule has 0 aliphatic carbocycles. The molecule has 9 heteroatoms. The van der Waals surface area contributed by atoms with Gasteiger partial charge in [-0.15, -0.1) is 0 Å². The van der Waals surface area contributed by atoms with Crippen molar-refractivity contribution >= 4 is 69.7 Å². The number of benzene rings is 2. The maximum Gasteiger partial charge on any atom is 0.269 e. The fourth-order valence-corrected chi connectivity index (χ4v) is 3.83. The molecule has 0 bridgehead atoms. The van der Waals surface area contributed by atoms with E-state index in [1.165, 1.54) is 24.1 Å². The van der Waals surface area contributed by atoms with E-state index in [0.717, 1.165) is 5.69 Å². The molecule has 0 heterocycles. The van der Waals surface area contributed by atoms with Crippen molar-refractivity contribution in [3.05, 3.63) is 63.2 Å². The Morgan fingerprint density at radius 1 is 1.21 bits per heavy atom. The summed E-state index contributed by atoms with van der Waals surface area (Å²) in [5.41, 5.74) is 1.00. The van der Waals surface area contributed by atoms with Gasteiger partial charge in [0.15, 0.2) is 0 Å². The molecule has 0 spiro atoms. The number of nitro groups is 1. The van der Waals surface area contributed by atoms with Gasteiger partial charge in [-0.2, -0.15) is 0 Å². The van der Waals surface area contributed by atoms with E-state index >= 15 is 0 Å². The summed E-state index contributed by atoms with van der Waals surface area (Å²) in [4.78, 5) is 11.1. The number of anilines is 1. The highest BCUT2D eigenvalue weighted by molar-refractivity contribution is 8.00. The molecule has 0 fully saturated rings. The molecule has 24 heavy (non-hydrogen) atoms. The molecule has 0 N–H and O–H groups in total. The van der Waals surface area contributed by atoms with Gasteiger partial charge >= 0.3 is 0 Å². The van der Waals surface area contributed by atoms with Crippen LogP contribution in [-0.4, -0.2) is 11.5 Å². The number of hydrogen-bond donors (Lipinski definition) is 0. The Labute approximate surface area is 163 Å². The molecular weight excluding hydrogens is 414 g/mol. The summed E-state index contributed by atoms with van der Waals surface area (Å²) >= 11 is 25.3. The molecule has 0 aliphatic heterocycles. The lowest BCUT2D eigenvalue weighted by Gasteiger charge is -2.24. The average molecular weight is 426 g/mol. The van der Waals surface area contributed by atoms with E-state index < -0.39 is 8.72 Å². The number of alkyl halides is 3. The second-order valence-electron chi connectivity index (χ2n) is 4.70. The number of nitrogens with zero attached hydrogens (tertiary/aromatic N) is 2. The first-order valence-corrected chi connectivity index (χ1v) is 9.07. The lowest BCUT2D eigenvalue weighted by molar-refractivity contribution is -0.385. The maximum atomic E-state index is 11.0. The van der Waals surface area contributed by atoms with Crippen LogP contribution < -0.4 is 4.31 Å². The van der Waals surface area contributed by atoms with Gasteiger partial charge in [-0.25, -0.2) is 0 Å². The van der Waals surface area contributed by atoms with Crippen LogP contribution in [-0.2, 0) is 3.79 Å². The van der Waals surface area contributed by atoms with E-state index in [2.05, 4.69) is 0 Å². The van der Waals surface area contributed by atoms with Crippen LogP contribution in [0.3, 0.4) is 0 Å². The lowest BCUT2D eigenvalue weighted by atomic mass is 10.2. The highest BCUT2D eigenvalue weighted by atomic mass is 35.6. The minimum atomic E-state index is -1.78. The first-order valence-electron chi connectivity index (χ1n) is 6.79. The molecule has 0 saturated heterocycles. The van der Waals surface area contributed by atoms with Gasteiger partial charge in [0.05, 0.1) is 4.92 Å². The molecule has 0 unspecified atom stereocenters. The molecule has 0 atom stereocenters. The third-order valence-electron chi connectivity index (χ3n) is 3.07. The molecule has 2 aromatic carbocycles. The number of nitro benzene ring substituents is 1. The van der Waals surface area contributed by atoms with Crippen molar-refractivity contribution in [1.29, 1.82) is 0 Å². The summed E-state index contributed by atoms with van der Waals surface area (Å²) in [5.74, 6) is 0. The van der Waals surface area contributed by atoms with Gasteiger partial charge in [0.2, 0.25) is 3.79 Å². The molecule has 0 aliphatic rings. The summed E-state index contributed by atoms with van der Waals surface area (Å²) in [7, 11) is 0. The Morgan fingerprint density at radius 3 is 2.46 bits per heavy atom. The fraction of sp³-hybridized carbons (Fsp3) is 0.200. The summed E-state index contributed by atoms with van der Waals surface area (Å²) in [5, 5.41) is 11.6. The Hall–Kier alpha value is -0.850. The minimum Gasteiger partial charge on any atom is -0.312 e. The lowest BCUT2D eigenvalue weighted by Crippen LogP contribution is -2.14. The van der Waals surface area contributed by atoms with Crippen LogP contribution in [0.5, 0.6) is 0 Å². The highest BCUT2D eigenvalue weighted by Gasteiger charge is 2.29. The molecular formula is C15H12Cl4N2O2S. The number of non-ortho nitro benzene ring substituents is 1. The van der Waals surface area contributed by atoms with E-state index in [1.54, 1.807) is 12.1 Å². The van der Waals surface area contributed by atoms with Gasteiger partial charge in [-0.1, -0.05) is 52.5 Å². The van der Waals surface area contributed by atoms with Crippen molar-refractivity contribution in [2.75, 3.05) is 10.8 Å². The van der Waals surface area contributed by atoms with Crippen LogP contribution >= 0.6 is 58.4 Å². The summed E-state index contributed by atoms with van der Waals surface area (Å²) in [6, 6.07) is 11.6. The van der Waals surface area contributed by atoms with Crippen LogP contribution in [0.2, 0.25) is 5.02 Å². The first kappa shape index (κ1) is 19.5. The molecule has 4 nitrogen and oxygen atoms in total. The monoisotopic (exact) mass is 424 g/mol.